The molecule has 1 heterocycles. The van der Waals surface area contributed by atoms with E-state index in [-0.39, 0.29) is 24.8 Å². The molecule has 1 aliphatic carbocycles. The van der Waals surface area contributed by atoms with Gasteiger partial charge in [-0.05, 0) is 18.8 Å². The van der Waals surface area contributed by atoms with Gasteiger partial charge in [-0.25, -0.2) is 0 Å². The monoisotopic (exact) mass is 209 g/mol. The molecule has 0 bridgehead atoms. The Morgan fingerprint density at radius 2 is 1.93 bits per heavy atom. The van der Waals surface area contributed by atoms with Crippen LogP contribution in [0.25, 0.3) is 0 Å². The number of rotatable bonds is 2. The van der Waals surface area contributed by atoms with Crippen LogP contribution < -0.4 is 5.32 Å². The maximum atomic E-state index is 12.6. The summed E-state index contributed by atoms with van der Waals surface area (Å²) in [6, 6.07) is -0.140. The zero-order valence-electron chi connectivity index (χ0n) is 8.03. The first kappa shape index (κ1) is 10.2. The van der Waals surface area contributed by atoms with Crippen LogP contribution in [0, 0.1) is 5.92 Å². The van der Waals surface area contributed by atoms with E-state index in [4.69, 9.17) is 4.74 Å². The van der Waals surface area contributed by atoms with Crippen molar-refractivity contribution in [3.8, 4) is 0 Å². The highest BCUT2D eigenvalue weighted by atomic mass is 19.4. The van der Waals surface area contributed by atoms with Gasteiger partial charge in [-0.1, -0.05) is 6.92 Å². The summed E-state index contributed by atoms with van der Waals surface area (Å²) in [7, 11) is 0. The first-order valence-corrected chi connectivity index (χ1v) is 4.87. The highest BCUT2D eigenvalue weighted by molar-refractivity contribution is 5.09. The smallest absolute Gasteiger partial charge is 0.379 e. The fourth-order valence-corrected chi connectivity index (χ4v) is 1.83. The van der Waals surface area contributed by atoms with E-state index in [1.54, 1.807) is 0 Å². The van der Waals surface area contributed by atoms with Crippen LogP contribution in [0.15, 0.2) is 0 Å². The van der Waals surface area contributed by atoms with E-state index in [9.17, 15) is 13.2 Å². The van der Waals surface area contributed by atoms with Gasteiger partial charge in [-0.3, -0.25) is 5.32 Å². The molecule has 0 amide bonds. The highest BCUT2D eigenvalue weighted by Gasteiger charge is 2.64. The average Bonchev–Trinajstić information content (AvgIpc) is 2.73. The second kappa shape index (κ2) is 3.10. The SMILES string of the molecule is CC1COCC1NC1(C(F)(F)F)CC1. The lowest BCUT2D eigenvalue weighted by atomic mass is 10.0. The van der Waals surface area contributed by atoms with Gasteiger partial charge in [0.05, 0.1) is 13.2 Å². The molecule has 14 heavy (non-hydrogen) atoms. The highest BCUT2D eigenvalue weighted by Crippen LogP contribution is 2.49. The third kappa shape index (κ3) is 1.63. The van der Waals surface area contributed by atoms with Crippen molar-refractivity contribution in [2.45, 2.75) is 37.5 Å². The van der Waals surface area contributed by atoms with Crippen LogP contribution in [-0.2, 0) is 4.74 Å². The zero-order chi connectivity index (χ0) is 10.4. The minimum absolute atomic E-state index is 0.140. The second-order valence-electron chi connectivity index (χ2n) is 4.35. The molecule has 82 valence electrons. The lowest BCUT2D eigenvalue weighted by molar-refractivity contribution is -0.168. The van der Waals surface area contributed by atoms with E-state index in [1.165, 1.54) is 0 Å². The molecule has 0 radical (unpaired) electrons. The van der Waals surface area contributed by atoms with Gasteiger partial charge in [0.2, 0.25) is 0 Å². The van der Waals surface area contributed by atoms with Gasteiger partial charge in [0.25, 0.3) is 0 Å². The summed E-state index contributed by atoms with van der Waals surface area (Å²) in [4.78, 5) is 0. The van der Waals surface area contributed by atoms with Crippen LogP contribution in [0.5, 0.6) is 0 Å². The molecule has 2 aliphatic rings. The van der Waals surface area contributed by atoms with E-state index in [0.29, 0.717) is 13.2 Å². The number of alkyl halides is 3. The first-order valence-electron chi connectivity index (χ1n) is 4.87. The lowest BCUT2D eigenvalue weighted by Crippen LogP contribution is -2.51. The molecule has 2 fully saturated rings. The summed E-state index contributed by atoms with van der Waals surface area (Å²) in [6.45, 7) is 2.88. The summed E-state index contributed by atoms with van der Waals surface area (Å²) >= 11 is 0. The Labute approximate surface area is 80.8 Å². The van der Waals surface area contributed by atoms with E-state index in [0.717, 1.165) is 0 Å². The minimum Gasteiger partial charge on any atom is -0.379 e. The molecule has 1 saturated carbocycles. The summed E-state index contributed by atoms with van der Waals surface area (Å²) in [5, 5.41) is 2.71. The van der Waals surface area contributed by atoms with Gasteiger partial charge >= 0.3 is 6.18 Å². The number of nitrogens with one attached hydrogen (secondary N) is 1. The average molecular weight is 209 g/mol. The summed E-state index contributed by atoms with van der Waals surface area (Å²) in [5.41, 5.74) is -1.60. The van der Waals surface area contributed by atoms with Gasteiger partial charge in [0.15, 0.2) is 0 Å². The van der Waals surface area contributed by atoms with Crippen molar-refractivity contribution in [1.29, 1.82) is 0 Å². The molecule has 0 aromatic heterocycles. The van der Waals surface area contributed by atoms with Crippen molar-refractivity contribution in [2.75, 3.05) is 13.2 Å². The molecule has 2 nitrogen and oxygen atoms in total. The predicted molar refractivity (Wildman–Crippen MR) is 44.9 cm³/mol. The second-order valence-corrected chi connectivity index (χ2v) is 4.35. The maximum absolute atomic E-state index is 12.6. The van der Waals surface area contributed by atoms with Gasteiger partial charge in [0, 0.05) is 6.04 Å². The molecular weight excluding hydrogens is 195 g/mol. The van der Waals surface area contributed by atoms with Gasteiger partial charge in [0.1, 0.15) is 5.54 Å². The van der Waals surface area contributed by atoms with E-state index in [1.807, 2.05) is 6.92 Å². The van der Waals surface area contributed by atoms with Gasteiger partial charge < -0.3 is 4.74 Å². The van der Waals surface area contributed by atoms with E-state index < -0.39 is 11.7 Å². The van der Waals surface area contributed by atoms with Crippen molar-refractivity contribution < 1.29 is 17.9 Å². The van der Waals surface area contributed by atoms with Crippen molar-refractivity contribution in [3.05, 3.63) is 0 Å². The van der Waals surface area contributed by atoms with Crippen LogP contribution in [0.2, 0.25) is 0 Å². The summed E-state index contributed by atoms with van der Waals surface area (Å²) < 4.78 is 42.8. The molecule has 5 heteroatoms. The Morgan fingerprint density at radius 3 is 2.29 bits per heavy atom. The largest absolute Gasteiger partial charge is 0.406 e. The lowest BCUT2D eigenvalue weighted by Gasteiger charge is -2.26. The third-order valence-corrected chi connectivity index (χ3v) is 3.12. The number of ether oxygens (including phenoxy) is 1. The summed E-state index contributed by atoms with van der Waals surface area (Å²) in [6.07, 6.45) is -3.70. The van der Waals surface area contributed by atoms with Crippen LogP contribution in [-0.4, -0.2) is 31.0 Å². The molecule has 0 aromatic carbocycles. The number of hydrogen-bond donors (Lipinski definition) is 1. The Hall–Kier alpha value is -0.290. The number of halogens is 3. The van der Waals surface area contributed by atoms with E-state index in [2.05, 4.69) is 5.32 Å². The van der Waals surface area contributed by atoms with Crippen LogP contribution in [0.1, 0.15) is 19.8 Å². The fourth-order valence-electron chi connectivity index (χ4n) is 1.83. The number of hydrogen-bond acceptors (Lipinski definition) is 2. The third-order valence-electron chi connectivity index (χ3n) is 3.12. The molecule has 1 N–H and O–H groups in total. The van der Waals surface area contributed by atoms with Gasteiger partial charge in [-0.2, -0.15) is 13.2 Å². The van der Waals surface area contributed by atoms with E-state index >= 15 is 0 Å². The molecule has 1 aliphatic heterocycles. The van der Waals surface area contributed by atoms with Crippen LogP contribution in [0.4, 0.5) is 13.2 Å². The Kier molecular flexibility index (Phi) is 2.27. The molecule has 2 atom stereocenters. The van der Waals surface area contributed by atoms with Crippen molar-refractivity contribution >= 4 is 0 Å². The summed E-state index contributed by atoms with van der Waals surface area (Å²) in [5.74, 6) is 0.176. The Morgan fingerprint density at radius 1 is 1.29 bits per heavy atom. The minimum atomic E-state index is -4.12. The van der Waals surface area contributed by atoms with Crippen molar-refractivity contribution in [1.82, 2.24) is 5.32 Å². The molecule has 2 unspecified atom stereocenters. The standard InChI is InChI=1S/C9H14F3NO/c1-6-4-14-5-7(6)13-8(2-3-8)9(10,11)12/h6-7,13H,2-5H2,1H3. The van der Waals surface area contributed by atoms with Crippen LogP contribution >= 0.6 is 0 Å². The topological polar surface area (TPSA) is 21.3 Å². The molecule has 0 aromatic rings. The predicted octanol–water partition coefficient (Wildman–Crippen LogP) is 1.71. The normalized spacial score (nSPS) is 36.0. The molecule has 1 saturated heterocycles. The van der Waals surface area contributed by atoms with Crippen molar-refractivity contribution in [2.24, 2.45) is 5.92 Å². The fraction of sp³-hybridized carbons (Fsp3) is 1.00. The maximum Gasteiger partial charge on any atom is 0.406 e. The van der Waals surface area contributed by atoms with Gasteiger partial charge in [-0.15, -0.1) is 0 Å². The first-order chi connectivity index (χ1) is 6.45. The van der Waals surface area contributed by atoms with Crippen molar-refractivity contribution in [3.63, 3.8) is 0 Å². The van der Waals surface area contributed by atoms with Crippen LogP contribution in [0.3, 0.4) is 0 Å². The molecule has 0 spiro atoms. The molecular formula is C9H14F3NO. The Bertz CT molecular complexity index is 225. The quantitative estimate of drug-likeness (QED) is 0.747. The molecule has 2 rings (SSSR count). The zero-order valence-corrected chi connectivity index (χ0v) is 8.03. The Balaban J connectivity index is 1.97.